The monoisotopic (exact) mass is 224 g/mol. The molecule has 0 aliphatic heterocycles. The van der Waals surface area contributed by atoms with Gasteiger partial charge in [0.1, 0.15) is 0 Å². The molecule has 1 aromatic heterocycles. The average Bonchev–Trinajstić information content (AvgIpc) is 2.76. The summed E-state index contributed by atoms with van der Waals surface area (Å²) in [6.45, 7) is 5.43. The average molecular weight is 224 g/mol. The van der Waals surface area contributed by atoms with Crippen molar-refractivity contribution < 1.29 is 9.90 Å². The van der Waals surface area contributed by atoms with Gasteiger partial charge in [-0.15, -0.1) is 0 Å². The van der Waals surface area contributed by atoms with Gasteiger partial charge in [-0.3, -0.25) is 9.69 Å². The van der Waals surface area contributed by atoms with Gasteiger partial charge < -0.3 is 10.1 Å². The van der Waals surface area contributed by atoms with E-state index in [0.29, 0.717) is 24.7 Å². The fourth-order valence-electron chi connectivity index (χ4n) is 1.57. The zero-order valence-corrected chi connectivity index (χ0v) is 9.94. The Morgan fingerprint density at radius 3 is 2.81 bits per heavy atom. The molecular weight excluding hydrogens is 204 g/mol. The second-order valence-electron chi connectivity index (χ2n) is 4.15. The lowest BCUT2D eigenvalue weighted by Gasteiger charge is -2.25. The van der Waals surface area contributed by atoms with Gasteiger partial charge in [0.2, 0.25) is 0 Å². The number of Topliss-reactive ketones (excluding diaryl/α,β-unsaturated/α-hetero) is 1. The summed E-state index contributed by atoms with van der Waals surface area (Å²) in [5.41, 5.74) is 0.648. The third-order valence-electron chi connectivity index (χ3n) is 2.58. The number of aromatic nitrogens is 1. The van der Waals surface area contributed by atoms with E-state index in [2.05, 4.69) is 23.7 Å². The molecule has 1 aromatic rings. The predicted molar refractivity (Wildman–Crippen MR) is 63.5 cm³/mol. The van der Waals surface area contributed by atoms with E-state index >= 15 is 0 Å². The van der Waals surface area contributed by atoms with Crippen molar-refractivity contribution in [1.29, 1.82) is 0 Å². The maximum absolute atomic E-state index is 11.8. The van der Waals surface area contributed by atoms with Crippen LogP contribution in [0, 0.1) is 0 Å². The van der Waals surface area contributed by atoms with Crippen molar-refractivity contribution in [3.8, 4) is 0 Å². The molecule has 0 aromatic carbocycles. The van der Waals surface area contributed by atoms with Crippen LogP contribution in [0.3, 0.4) is 0 Å². The molecule has 0 aliphatic carbocycles. The number of rotatable bonds is 7. The summed E-state index contributed by atoms with van der Waals surface area (Å²) in [4.78, 5) is 16.8. The minimum atomic E-state index is 0.0941. The van der Waals surface area contributed by atoms with Crippen molar-refractivity contribution >= 4 is 5.78 Å². The van der Waals surface area contributed by atoms with Gasteiger partial charge in [-0.05, 0) is 32.4 Å². The van der Waals surface area contributed by atoms with Crippen molar-refractivity contribution in [3.05, 3.63) is 24.0 Å². The van der Waals surface area contributed by atoms with Crippen LogP contribution in [0.5, 0.6) is 0 Å². The molecule has 0 fully saturated rings. The van der Waals surface area contributed by atoms with Crippen molar-refractivity contribution in [2.75, 3.05) is 19.7 Å². The molecule has 4 heteroatoms. The van der Waals surface area contributed by atoms with Crippen LogP contribution in [0.25, 0.3) is 0 Å². The van der Waals surface area contributed by atoms with Crippen LogP contribution in [0.2, 0.25) is 0 Å². The summed E-state index contributed by atoms with van der Waals surface area (Å²) in [5.74, 6) is 0.0941. The SMILES string of the molecule is CC(C)N(CCCO)CC(=O)c1ccc[nH]1. The summed E-state index contributed by atoms with van der Waals surface area (Å²) < 4.78 is 0. The van der Waals surface area contributed by atoms with Crippen LogP contribution < -0.4 is 0 Å². The van der Waals surface area contributed by atoms with Gasteiger partial charge >= 0.3 is 0 Å². The fourth-order valence-corrected chi connectivity index (χ4v) is 1.57. The van der Waals surface area contributed by atoms with E-state index in [1.807, 2.05) is 6.07 Å². The van der Waals surface area contributed by atoms with Crippen LogP contribution in [0.4, 0.5) is 0 Å². The Balaban J connectivity index is 2.51. The Kier molecular flexibility index (Phi) is 5.22. The molecule has 0 aliphatic rings. The third-order valence-corrected chi connectivity index (χ3v) is 2.58. The van der Waals surface area contributed by atoms with Crippen molar-refractivity contribution in [2.24, 2.45) is 0 Å². The van der Waals surface area contributed by atoms with Gasteiger partial charge in [0, 0.05) is 25.4 Å². The van der Waals surface area contributed by atoms with Crippen LogP contribution in [0.1, 0.15) is 30.8 Å². The molecule has 0 radical (unpaired) electrons. The lowest BCUT2D eigenvalue weighted by atomic mass is 10.2. The molecule has 0 spiro atoms. The van der Waals surface area contributed by atoms with Crippen LogP contribution >= 0.6 is 0 Å². The first-order valence-corrected chi connectivity index (χ1v) is 5.66. The number of aliphatic hydroxyl groups is 1. The maximum atomic E-state index is 11.8. The molecule has 0 saturated heterocycles. The third kappa shape index (κ3) is 3.79. The Bertz CT molecular complexity index is 307. The Labute approximate surface area is 96.3 Å². The van der Waals surface area contributed by atoms with E-state index in [1.165, 1.54) is 0 Å². The molecule has 1 heterocycles. The van der Waals surface area contributed by atoms with E-state index in [9.17, 15) is 4.79 Å². The number of ketones is 1. The van der Waals surface area contributed by atoms with Crippen molar-refractivity contribution in [1.82, 2.24) is 9.88 Å². The van der Waals surface area contributed by atoms with Crippen molar-refractivity contribution in [3.63, 3.8) is 0 Å². The highest BCUT2D eigenvalue weighted by molar-refractivity contribution is 5.95. The predicted octanol–water partition coefficient (Wildman–Crippen LogP) is 1.29. The number of nitrogens with one attached hydrogen (secondary N) is 1. The summed E-state index contributed by atoms with van der Waals surface area (Å²) >= 11 is 0. The zero-order chi connectivity index (χ0) is 12.0. The first kappa shape index (κ1) is 12.9. The molecule has 0 saturated carbocycles. The van der Waals surface area contributed by atoms with Crippen molar-refractivity contribution in [2.45, 2.75) is 26.3 Å². The molecular formula is C12H20N2O2. The van der Waals surface area contributed by atoms with Gasteiger partial charge in [0.25, 0.3) is 0 Å². The molecule has 0 unspecified atom stereocenters. The van der Waals surface area contributed by atoms with Gasteiger partial charge in [-0.1, -0.05) is 0 Å². The van der Waals surface area contributed by atoms with Gasteiger partial charge in [0.15, 0.2) is 5.78 Å². The lowest BCUT2D eigenvalue weighted by Crippen LogP contribution is -2.36. The quantitative estimate of drug-likeness (QED) is 0.686. The Hall–Kier alpha value is -1.13. The number of carbonyl (C=O) groups excluding carboxylic acids is 1. The van der Waals surface area contributed by atoms with Gasteiger partial charge in [-0.2, -0.15) is 0 Å². The van der Waals surface area contributed by atoms with Crippen LogP contribution in [-0.2, 0) is 0 Å². The van der Waals surface area contributed by atoms with E-state index in [-0.39, 0.29) is 12.4 Å². The summed E-state index contributed by atoms with van der Waals surface area (Å²) in [5, 5.41) is 8.80. The van der Waals surface area contributed by atoms with E-state index in [0.717, 1.165) is 6.54 Å². The summed E-state index contributed by atoms with van der Waals surface area (Å²) in [7, 11) is 0. The number of carbonyl (C=O) groups is 1. The molecule has 4 nitrogen and oxygen atoms in total. The van der Waals surface area contributed by atoms with E-state index < -0.39 is 0 Å². The standard InChI is InChI=1S/C12H20N2O2/c1-10(2)14(7-4-8-15)9-12(16)11-5-3-6-13-11/h3,5-6,10,13,15H,4,7-9H2,1-2H3. The number of aromatic amines is 1. The number of hydrogen-bond donors (Lipinski definition) is 2. The van der Waals surface area contributed by atoms with E-state index in [1.54, 1.807) is 12.3 Å². The van der Waals surface area contributed by atoms with Crippen LogP contribution in [0.15, 0.2) is 18.3 Å². The number of aliphatic hydroxyl groups excluding tert-OH is 1. The molecule has 0 amide bonds. The molecule has 1 rings (SSSR count). The van der Waals surface area contributed by atoms with E-state index in [4.69, 9.17) is 5.11 Å². The second-order valence-corrected chi connectivity index (χ2v) is 4.15. The molecule has 0 atom stereocenters. The fraction of sp³-hybridized carbons (Fsp3) is 0.583. The largest absolute Gasteiger partial charge is 0.396 e. The highest BCUT2D eigenvalue weighted by Gasteiger charge is 2.15. The normalized spacial score (nSPS) is 11.3. The molecule has 90 valence electrons. The number of hydrogen-bond acceptors (Lipinski definition) is 3. The van der Waals surface area contributed by atoms with Gasteiger partial charge in [0.05, 0.1) is 12.2 Å². The highest BCUT2D eigenvalue weighted by atomic mass is 16.3. The van der Waals surface area contributed by atoms with Crippen LogP contribution in [-0.4, -0.2) is 46.5 Å². The Morgan fingerprint density at radius 1 is 1.56 bits per heavy atom. The minimum absolute atomic E-state index is 0.0941. The summed E-state index contributed by atoms with van der Waals surface area (Å²) in [6.07, 6.45) is 2.46. The molecule has 0 bridgehead atoms. The number of H-pyrrole nitrogens is 1. The van der Waals surface area contributed by atoms with Gasteiger partial charge in [-0.25, -0.2) is 0 Å². The first-order chi connectivity index (χ1) is 7.65. The highest BCUT2D eigenvalue weighted by Crippen LogP contribution is 2.04. The Morgan fingerprint density at radius 2 is 2.31 bits per heavy atom. The minimum Gasteiger partial charge on any atom is -0.396 e. The summed E-state index contributed by atoms with van der Waals surface area (Å²) in [6, 6.07) is 3.92. The second kappa shape index (κ2) is 6.45. The zero-order valence-electron chi connectivity index (χ0n) is 9.94. The smallest absolute Gasteiger partial charge is 0.192 e. The topological polar surface area (TPSA) is 56.3 Å². The molecule has 2 N–H and O–H groups in total. The molecule has 16 heavy (non-hydrogen) atoms. The number of nitrogens with zero attached hydrogens (tertiary/aromatic N) is 1. The first-order valence-electron chi connectivity index (χ1n) is 5.66. The lowest BCUT2D eigenvalue weighted by molar-refractivity contribution is 0.0892. The maximum Gasteiger partial charge on any atom is 0.192 e.